The third-order valence-corrected chi connectivity index (χ3v) is 3.52. The molecule has 2 N–H and O–H groups in total. The predicted octanol–water partition coefficient (Wildman–Crippen LogP) is 2.42. The highest BCUT2D eigenvalue weighted by molar-refractivity contribution is 5.33. The number of aromatic hydroxyl groups is 1. The normalized spacial score (nSPS) is 21.9. The van der Waals surface area contributed by atoms with Gasteiger partial charge in [0.1, 0.15) is 5.75 Å². The van der Waals surface area contributed by atoms with Crippen molar-refractivity contribution in [2.75, 3.05) is 6.54 Å². The van der Waals surface area contributed by atoms with E-state index in [2.05, 4.69) is 25.2 Å². The first kappa shape index (κ1) is 10.5. The zero-order chi connectivity index (χ0) is 10.9. The van der Waals surface area contributed by atoms with Crippen molar-refractivity contribution in [2.24, 2.45) is 0 Å². The van der Waals surface area contributed by atoms with Crippen molar-refractivity contribution >= 4 is 0 Å². The van der Waals surface area contributed by atoms with Gasteiger partial charge in [-0.25, -0.2) is 0 Å². The maximum Gasteiger partial charge on any atom is 0.115 e. The summed E-state index contributed by atoms with van der Waals surface area (Å²) >= 11 is 0. The van der Waals surface area contributed by atoms with Crippen molar-refractivity contribution in [3.05, 3.63) is 29.8 Å². The number of rotatable bonds is 2. The van der Waals surface area contributed by atoms with Gasteiger partial charge in [0.2, 0.25) is 0 Å². The summed E-state index contributed by atoms with van der Waals surface area (Å²) in [6, 6.07) is 8.14. The summed E-state index contributed by atoms with van der Waals surface area (Å²) in [6.07, 6.45) is 2.48. The number of phenols is 1. The highest BCUT2D eigenvalue weighted by atomic mass is 16.3. The molecule has 1 unspecified atom stereocenters. The first-order valence-corrected chi connectivity index (χ1v) is 5.63. The van der Waals surface area contributed by atoms with Crippen LogP contribution in [0.4, 0.5) is 0 Å². The van der Waals surface area contributed by atoms with E-state index in [-0.39, 0.29) is 5.41 Å². The predicted molar refractivity (Wildman–Crippen MR) is 62.2 cm³/mol. The fourth-order valence-electron chi connectivity index (χ4n) is 2.41. The topological polar surface area (TPSA) is 32.3 Å². The zero-order valence-corrected chi connectivity index (χ0v) is 9.46. The number of hydrogen-bond donors (Lipinski definition) is 2. The lowest BCUT2D eigenvalue weighted by molar-refractivity contribution is 0.374. The van der Waals surface area contributed by atoms with E-state index >= 15 is 0 Å². The molecule has 0 amide bonds. The highest BCUT2D eigenvalue weighted by Gasteiger charge is 2.33. The van der Waals surface area contributed by atoms with Gasteiger partial charge in [-0.3, -0.25) is 0 Å². The highest BCUT2D eigenvalue weighted by Crippen LogP contribution is 2.32. The molecular formula is C13H19NO. The maximum atomic E-state index is 9.50. The van der Waals surface area contributed by atoms with Crippen LogP contribution >= 0.6 is 0 Å². The number of phenolic OH excluding ortho intramolecular Hbond substituents is 1. The van der Waals surface area contributed by atoms with Crippen LogP contribution < -0.4 is 5.32 Å². The van der Waals surface area contributed by atoms with Crippen LogP contribution in [-0.4, -0.2) is 17.7 Å². The smallest absolute Gasteiger partial charge is 0.115 e. The molecule has 2 nitrogen and oxygen atoms in total. The average Bonchev–Trinajstić information content (AvgIpc) is 2.71. The standard InChI is InChI=1S/C13H19NO/c1-13(2,12-7-4-8-14-12)10-5-3-6-11(15)9-10/h3,5-6,9,12,14-15H,4,7-8H2,1-2H3. The molecule has 1 aliphatic heterocycles. The first-order valence-electron chi connectivity index (χ1n) is 5.63. The van der Waals surface area contributed by atoms with E-state index in [4.69, 9.17) is 0 Å². The molecule has 1 aromatic carbocycles. The molecule has 1 fully saturated rings. The second-order valence-electron chi connectivity index (χ2n) is 4.92. The van der Waals surface area contributed by atoms with Crippen molar-refractivity contribution in [2.45, 2.75) is 38.1 Å². The lowest BCUT2D eigenvalue weighted by atomic mass is 9.77. The van der Waals surface area contributed by atoms with Crippen LogP contribution in [-0.2, 0) is 5.41 Å². The molecule has 0 aliphatic carbocycles. The quantitative estimate of drug-likeness (QED) is 0.777. The van der Waals surface area contributed by atoms with Crippen molar-refractivity contribution < 1.29 is 5.11 Å². The Morgan fingerprint density at radius 2 is 2.20 bits per heavy atom. The van der Waals surface area contributed by atoms with E-state index in [1.807, 2.05) is 12.1 Å². The summed E-state index contributed by atoms with van der Waals surface area (Å²) in [5, 5.41) is 13.0. The van der Waals surface area contributed by atoms with Gasteiger partial charge in [-0.15, -0.1) is 0 Å². The summed E-state index contributed by atoms with van der Waals surface area (Å²) in [5.74, 6) is 0.360. The van der Waals surface area contributed by atoms with Gasteiger partial charge < -0.3 is 10.4 Å². The zero-order valence-electron chi connectivity index (χ0n) is 9.46. The van der Waals surface area contributed by atoms with Gasteiger partial charge >= 0.3 is 0 Å². The summed E-state index contributed by atoms with van der Waals surface area (Å²) in [7, 11) is 0. The molecule has 0 bridgehead atoms. The Kier molecular flexibility index (Phi) is 2.70. The minimum absolute atomic E-state index is 0.0925. The van der Waals surface area contributed by atoms with E-state index in [0.717, 1.165) is 6.54 Å². The van der Waals surface area contributed by atoms with Crippen LogP contribution in [0.3, 0.4) is 0 Å². The Balaban J connectivity index is 2.27. The van der Waals surface area contributed by atoms with E-state index in [0.29, 0.717) is 11.8 Å². The SMILES string of the molecule is CC(C)(c1cccc(O)c1)C1CCCN1. The van der Waals surface area contributed by atoms with Crippen molar-refractivity contribution in [1.82, 2.24) is 5.32 Å². The fourth-order valence-corrected chi connectivity index (χ4v) is 2.41. The largest absolute Gasteiger partial charge is 0.508 e. The Morgan fingerprint density at radius 1 is 1.40 bits per heavy atom. The second kappa shape index (κ2) is 3.86. The van der Waals surface area contributed by atoms with E-state index < -0.39 is 0 Å². The van der Waals surface area contributed by atoms with Crippen molar-refractivity contribution in [1.29, 1.82) is 0 Å². The molecule has 0 saturated carbocycles. The Labute approximate surface area is 91.3 Å². The molecule has 82 valence electrons. The molecule has 1 aromatic rings. The van der Waals surface area contributed by atoms with Gasteiger partial charge in [0.05, 0.1) is 0 Å². The summed E-state index contributed by atoms with van der Waals surface area (Å²) < 4.78 is 0. The number of nitrogens with one attached hydrogen (secondary N) is 1. The Hall–Kier alpha value is -1.02. The van der Waals surface area contributed by atoms with Crippen LogP contribution in [0, 0.1) is 0 Å². The van der Waals surface area contributed by atoms with Crippen LogP contribution in [0.5, 0.6) is 5.75 Å². The molecule has 1 aliphatic rings. The first-order chi connectivity index (χ1) is 7.10. The Bertz CT molecular complexity index is 340. The van der Waals surface area contributed by atoms with Gasteiger partial charge in [0, 0.05) is 11.5 Å². The van der Waals surface area contributed by atoms with Crippen molar-refractivity contribution in [3.8, 4) is 5.75 Å². The molecule has 1 atom stereocenters. The van der Waals surface area contributed by atoms with E-state index in [9.17, 15) is 5.11 Å². The van der Waals surface area contributed by atoms with Crippen LogP contribution in [0.2, 0.25) is 0 Å². The molecule has 0 aromatic heterocycles. The summed E-state index contributed by atoms with van der Waals surface area (Å²) in [4.78, 5) is 0. The third kappa shape index (κ3) is 2.00. The third-order valence-electron chi connectivity index (χ3n) is 3.52. The van der Waals surface area contributed by atoms with Gasteiger partial charge in [-0.1, -0.05) is 26.0 Å². The van der Waals surface area contributed by atoms with Crippen molar-refractivity contribution in [3.63, 3.8) is 0 Å². The second-order valence-corrected chi connectivity index (χ2v) is 4.92. The Morgan fingerprint density at radius 3 is 2.80 bits per heavy atom. The molecule has 0 spiro atoms. The lowest BCUT2D eigenvalue weighted by Gasteiger charge is -2.32. The lowest BCUT2D eigenvalue weighted by Crippen LogP contribution is -2.40. The van der Waals surface area contributed by atoms with Crippen LogP contribution in [0.1, 0.15) is 32.3 Å². The summed E-state index contributed by atoms with van der Waals surface area (Å²) in [5.41, 5.74) is 1.30. The van der Waals surface area contributed by atoms with Gasteiger partial charge in [0.25, 0.3) is 0 Å². The minimum Gasteiger partial charge on any atom is -0.508 e. The molecule has 2 heteroatoms. The fraction of sp³-hybridized carbons (Fsp3) is 0.538. The molecule has 1 saturated heterocycles. The molecular weight excluding hydrogens is 186 g/mol. The molecule has 15 heavy (non-hydrogen) atoms. The average molecular weight is 205 g/mol. The number of benzene rings is 1. The van der Waals surface area contributed by atoms with Gasteiger partial charge in [-0.2, -0.15) is 0 Å². The number of hydrogen-bond acceptors (Lipinski definition) is 2. The summed E-state index contributed by atoms with van der Waals surface area (Å²) in [6.45, 7) is 5.60. The minimum atomic E-state index is 0.0925. The monoisotopic (exact) mass is 205 g/mol. The van der Waals surface area contributed by atoms with E-state index in [1.165, 1.54) is 18.4 Å². The maximum absolute atomic E-state index is 9.50. The van der Waals surface area contributed by atoms with Gasteiger partial charge in [-0.05, 0) is 37.1 Å². The van der Waals surface area contributed by atoms with Crippen LogP contribution in [0.25, 0.3) is 0 Å². The molecule has 0 radical (unpaired) electrons. The van der Waals surface area contributed by atoms with Crippen LogP contribution in [0.15, 0.2) is 24.3 Å². The van der Waals surface area contributed by atoms with E-state index in [1.54, 1.807) is 6.07 Å². The molecule has 1 heterocycles. The van der Waals surface area contributed by atoms with Gasteiger partial charge in [0.15, 0.2) is 0 Å². The molecule has 2 rings (SSSR count).